The molecule has 1 amide bonds. The second kappa shape index (κ2) is 10.1. The lowest BCUT2D eigenvalue weighted by molar-refractivity contribution is -0.137. The minimum Gasteiger partial charge on any atom is -0.497 e. The molecule has 1 aliphatic rings. The Balaban J connectivity index is 1.43. The van der Waals surface area contributed by atoms with Gasteiger partial charge in [-0.2, -0.15) is 18.2 Å². The van der Waals surface area contributed by atoms with Gasteiger partial charge in [0.25, 0.3) is 0 Å². The molecule has 2 heterocycles. The van der Waals surface area contributed by atoms with E-state index < -0.39 is 17.6 Å². The molecule has 1 aromatic heterocycles. The first kappa shape index (κ1) is 23.6. The van der Waals surface area contributed by atoms with Crippen molar-refractivity contribution in [1.29, 1.82) is 0 Å². The van der Waals surface area contributed by atoms with E-state index in [4.69, 9.17) is 14.0 Å². The first-order chi connectivity index (χ1) is 16.3. The Bertz CT molecular complexity index is 1130. The van der Waals surface area contributed by atoms with Crippen LogP contribution in [-0.4, -0.2) is 49.5 Å². The van der Waals surface area contributed by atoms with E-state index in [1.807, 2.05) is 4.90 Å². The van der Waals surface area contributed by atoms with Crippen LogP contribution in [-0.2, 0) is 22.1 Å². The fourth-order valence-corrected chi connectivity index (χ4v) is 3.54. The average molecular weight is 476 g/mol. The monoisotopic (exact) mass is 476 g/mol. The Morgan fingerprint density at radius 3 is 2.56 bits per heavy atom. The van der Waals surface area contributed by atoms with Crippen LogP contribution in [0.2, 0.25) is 0 Å². The van der Waals surface area contributed by atoms with E-state index in [0.717, 1.165) is 17.7 Å². The number of amides is 1. The van der Waals surface area contributed by atoms with E-state index in [2.05, 4.69) is 15.5 Å². The van der Waals surface area contributed by atoms with E-state index in [9.17, 15) is 18.0 Å². The predicted octanol–water partition coefficient (Wildman–Crippen LogP) is 4.17. The van der Waals surface area contributed by atoms with Crippen molar-refractivity contribution in [3.8, 4) is 17.1 Å². The number of aryl methyl sites for hydroxylation is 1. The molecule has 1 fully saturated rings. The molecule has 2 aromatic carbocycles. The zero-order valence-corrected chi connectivity index (χ0v) is 18.4. The Morgan fingerprint density at radius 1 is 1.15 bits per heavy atom. The number of anilines is 2. The lowest BCUT2D eigenvalue weighted by Crippen LogP contribution is -2.36. The van der Waals surface area contributed by atoms with Crippen LogP contribution in [0.5, 0.6) is 5.75 Å². The van der Waals surface area contributed by atoms with E-state index in [1.54, 1.807) is 31.4 Å². The van der Waals surface area contributed by atoms with E-state index >= 15 is 0 Å². The van der Waals surface area contributed by atoms with Gasteiger partial charge in [-0.15, -0.1) is 0 Å². The Labute approximate surface area is 193 Å². The summed E-state index contributed by atoms with van der Waals surface area (Å²) in [5, 5.41) is 6.53. The third-order valence-corrected chi connectivity index (χ3v) is 5.33. The van der Waals surface area contributed by atoms with Gasteiger partial charge in [-0.25, -0.2) is 0 Å². The highest BCUT2D eigenvalue weighted by Crippen LogP contribution is 2.36. The maximum absolute atomic E-state index is 13.3. The minimum absolute atomic E-state index is 0.0386. The van der Waals surface area contributed by atoms with E-state index in [-0.39, 0.29) is 24.4 Å². The lowest BCUT2D eigenvalue weighted by atomic mass is 10.1. The molecule has 3 aromatic rings. The highest BCUT2D eigenvalue weighted by atomic mass is 19.4. The number of methoxy groups -OCH3 is 1. The number of benzene rings is 2. The highest BCUT2D eigenvalue weighted by Gasteiger charge is 2.32. The zero-order valence-electron chi connectivity index (χ0n) is 18.4. The van der Waals surface area contributed by atoms with Gasteiger partial charge >= 0.3 is 6.18 Å². The van der Waals surface area contributed by atoms with Gasteiger partial charge in [0.15, 0.2) is 0 Å². The van der Waals surface area contributed by atoms with Crippen LogP contribution in [0.15, 0.2) is 47.0 Å². The van der Waals surface area contributed by atoms with Gasteiger partial charge in [-0.1, -0.05) is 5.16 Å². The lowest BCUT2D eigenvalue weighted by Gasteiger charge is -2.31. The van der Waals surface area contributed by atoms with E-state index in [0.29, 0.717) is 43.6 Å². The largest absolute Gasteiger partial charge is 0.497 e. The molecule has 1 saturated heterocycles. The minimum atomic E-state index is -4.52. The van der Waals surface area contributed by atoms with Crippen molar-refractivity contribution in [2.45, 2.75) is 19.0 Å². The summed E-state index contributed by atoms with van der Waals surface area (Å²) in [6.07, 6.45) is -4.42. The van der Waals surface area contributed by atoms with Crippen LogP contribution < -0.4 is 15.0 Å². The molecule has 4 rings (SSSR count). The Hall–Kier alpha value is -3.60. The number of alkyl halides is 3. The summed E-state index contributed by atoms with van der Waals surface area (Å²) < 4.78 is 55.4. The van der Waals surface area contributed by atoms with E-state index in [1.165, 1.54) is 6.07 Å². The zero-order chi connectivity index (χ0) is 24.1. The van der Waals surface area contributed by atoms with Crippen molar-refractivity contribution >= 4 is 17.3 Å². The van der Waals surface area contributed by atoms with Gasteiger partial charge in [-0.05, 0) is 42.5 Å². The Morgan fingerprint density at radius 2 is 1.88 bits per heavy atom. The molecular formula is C23H23F3N4O4. The van der Waals surface area contributed by atoms with Gasteiger partial charge in [-0.3, -0.25) is 4.79 Å². The maximum Gasteiger partial charge on any atom is 0.416 e. The second-order valence-corrected chi connectivity index (χ2v) is 7.62. The normalized spacial score (nSPS) is 14.2. The fraction of sp³-hybridized carbons (Fsp3) is 0.348. The number of halogens is 3. The number of hydrogen-bond acceptors (Lipinski definition) is 7. The molecule has 0 atom stereocenters. The van der Waals surface area contributed by atoms with Gasteiger partial charge in [0.1, 0.15) is 5.75 Å². The fourth-order valence-electron chi connectivity index (χ4n) is 3.54. The van der Waals surface area contributed by atoms with Crippen molar-refractivity contribution in [2.75, 3.05) is 43.6 Å². The van der Waals surface area contributed by atoms with Crippen molar-refractivity contribution in [3.63, 3.8) is 0 Å². The number of nitrogens with zero attached hydrogens (tertiary/aromatic N) is 3. The standard InChI is InChI=1S/C23H23F3N4O4/c1-32-17-5-2-15(3-6-17)22-28-21(34-29-22)9-8-20(31)27-18-14-16(23(24,25)26)4-7-19(18)30-10-12-33-13-11-30/h2-7,14H,8-13H2,1H3,(H,27,31). The number of nitrogens with one attached hydrogen (secondary N) is 1. The molecule has 0 aliphatic carbocycles. The highest BCUT2D eigenvalue weighted by molar-refractivity contribution is 5.94. The summed E-state index contributed by atoms with van der Waals surface area (Å²) in [4.78, 5) is 18.8. The van der Waals surface area contributed by atoms with Crippen LogP contribution in [0, 0.1) is 0 Å². The third-order valence-electron chi connectivity index (χ3n) is 5.33. The van der Waals surface area contributed by atoms with Crippen molar-refractivity contribution < 1.29 is 32.0 Å². The molecule has 8 nitrogen and oxygen atoms in total. The number of morpholine rings is 1. The SMILES string of the molecule is COc1ccc(-c2noc(CCC(=O)Nc3cc(C(F)(F)F)ccc3N3CCOCC3)n2)cc1. The topological polar surface area (TPSA) is 89.7 Å². The van der Waals surface area contributed by atoms with Crippen LogP contribution in [0.4, 0.5) is 24.5 Å². The molecule has 180 valence electrons. The number of hydrogen-bond donors (Lipinski definition) is 1. The molecule has 1 N–H and O–H groups in total. The number of carbonyl (C=O) groups is 1. The van der Waals surface area contributed by atoms with Crippen molar-refractivity contribution in [1.82, 2.24) is 10.1 Å². The molecule has 0 bridgehead atoms. The summed E-state index contributed by atoms with van der Waals surface area (Å²) in [5.41, 5.74) is 0.510. The average Bonchev–Trinajstić information content (AvgIpc) is 3.32. The van der Waals surface area contributed by atoms with Gasteiger partial charge in [0.2, 0.25) is 17.6 Å². The molecule has 1 aliphatic heterocycles. The summed E-state index contributed by atoms with van der Waals surface area (Å²) in [5.74, 6) is 0.845. The van der Waals surface area contributed by atoms with Gasteiger partial charge < -0.3 is 24.2 Å². The predicted molar refractivity (Wildman–Crippen MR) is 118 cm³/mol. The smallest absolute Gasteiger partial charge is 0.416 e. The summed E-state index contributed by atoms with van der Waals surface area (Å²) in [6.45, 7) is 1.96. The quantitative estimate of drug-likeness (QED) is 0.547. The third kappa shape index (κ3) is 5.66. The molecule has 0 saturated carbocycles. The van der Waals surface area contributed by atoms with Gasteiger partial charge in [0.05, 0.1) is 37.3 Å². The number of carbonyl (C=O) groups excluding carboxylic acids is 1. The second-order valence-electron chi connectivity index (χ2n) is 7.62. The van der Waals surface area contributed by atoms with Crippen molar-refractivity contribution in [2.24, 2.45) is 0 Å². The molecule has 34 heavy (non-hydrogen) atoms. The first-order valence-corrected chi connectivity index (χ1v) is 10.6. The maximum atomic E-state index is 13.3. The number of aromatic nitrogens is 2. The first-order valence-electron chi connectivity index (χ1n) is 10.6. The van der Waals surface area contributed by atoms with Crippen LogP contribution in [0.25, 0.3) is 11.4 Å². The molecule has 0 unspecified atom stereocenters. The molecule has 0 spiro atoms. The van der Waals surface area contributed by atoms with Crippen molar-refractivity contribution in [3.05, 3.63) is 53.9 Å². The number of ether oxygens (including phenoxy) is 2. The van der Waals surface area contributed by atoms with Crippen LogP contribution >= 0.6 is 0 Å². The van der Waals surface area contributed by atoms with Gasteiger partial charge in [0, 0.05) is 31.5 Å². The molecular weight excluding hydrogens is 453 g/mol. The van der Waals surface area contributed by atoms with Crippen LogP contribution in [0.1, 0.15) is 17.9 Å². The Kier molecular flexibility index (Phi) is 7.01. The summed E-state index contributed by atoms with van der Waals surface area (Å²) in [6, 6.07) is 10.4. The summed E-state index contributed by atoms with van der Waals surface area (Å²) in [7, 11) is 1.57. The molecule has 0 radical (unpaired) electrons. The van der Waals surface area contributed by atoms with Crippen LogP contribution in [0.3, 0.4) is 0 Å². The molecule has 11 heteroatoms. The number of rotatable bonds is 7. The summed E-state index contributed by atoms with van der Waals surface area (Å²) >= 11 is 0.